The van der Waals surface area contributed by atoms with E-state index in [2.05, 4.69) is 20.3 Å². The Balaban J connectivity index is 1.17. The van der Waals surface area contributed by atoms with E-state index in [4.69, 9.17) is 0 Å². The van der Waals surface area contributed by atoms with Crippen LogP contribution in [0.15, 0.2) is 82.2 Å². The summed E-state index contributed by atoms with van der Waals surface area (Å²) in [4.78, 5) is 41.6. The summed E-state index contributed by atoms with van der Waals surface area (Å²) in [5, 5.41) is 2.94. The van der Waals surface area contributed by atoms with Crippen molar-refractivity contribution in [2.45, 2.75) is 38.3 Å². The van der Waals surface area contributed by atoms with Crippen molar-refractivity contribution in [2.75, 3.05) is 6.54 Å². The molecule has 4 aliphatic rings. The van der Waals surface area contributed by atoms with Crippen molar-refractivity contribution in [3.05, 3.63) is 118 Å². The van der Waals surface area contributed by atoms with E-state index < -0.39 is 34.4 Å². The molecule has 1 aromatic heterocycles. The van der Waals surface area contributed by atoms with Crippen LogP contribution in [0.5, 0.6) is 0 Å². The molecule has 3 aliphatic heterocycles. The number of aromatic nitrogens is 1. The van der Waals surface area contributed by atoms with Crippen LogP contribution in [-0.4, -0.2) is 40.2 Å². The molecule has 2 unspecified atom stereocenters. The molecule has 4 heterocycles. The summed E-state index contributed by atoms with van der Waals surface area (Å²) in [6.07, 6.45) is 9.70. The molecule has 2 aromatic carbocycles. The second kappa shape index (κ2) is 9.86. The summed E-state index contributed by atoms with van der Waals surface area (Å²) in [6.45, 7) is 1.59. The van der Waals surface area contributed by atoms with Crippen molar-refractivity contribution in [2.24, 2.45) is 15.4 Å². The summed E-state index contributed by atoms with van der Waals surface area (Å²) >= 11 is 0. The Kier molecular flexibility index (Phi) is 6.19. The predicted octanol–water partition coefficient (Wildman–Crippen LogP) is 5.01. The van der Waals surface area contributed by atoms with Crippen LogP contribution >= 0.6 is 0 Å². The van der Waals surface area contributed by atoms with Crippen LogP contribution in [0.1, 0.15) is 47.7 Å². The molecule has 216 valence electrons. The molecule has 1 aliphatic carbocycles. The number of nitrogens with one attached hydrogen (secondary N) is 1. The Morgan fingerprint density at radius 3 is 2.63 bits per heavy atom. The average Bonchev–Trinajstić information content (AvgIpc) is 3.58. The fraction of sp³-hybridized carbons (Fsp3) is 0.242. The monoisotopic (exact) mass is 581 g/mol. The number of aliphatic imine (C=N–C) groups is 2. The SMILES string of the molecule is CC1(c2cc(F)cc(F)c2)N=C(c2ccccc2F)C(=O)N1CC=Cc1cnc2c(c1)CC1(C2)C(=O)NC2=C1CCC=N2. The number of pyridine rings is 1. The van der Waals surface area contributed by atoms with E-state index in [9.17, 15) is 22.8 Å². The van der Waals surface area contributed by atoms with E-state index in [1.807, 2.05) is 12.3 Å². The molecule has 7 nitrogen and oxygen atoms in total. The first-order chi connectivity index (χ1) is 20.7. The maximum absolute atomic E-state index is 14.7. The van der Waals surface area contributed by atoms with E-state index in [0.717, 1.165) is 53.4 Å². The standard InChI is InChI=1S/C33H26F3N5O2/c1-32(21-13-22(34)15-23(35)14-21)40-28(24-7-2-3-9-26(24)36)30(42)41(32)11-5-6-19-12-20-16-33(17-27(20)38-18-19)25-8-4-10-37-29(25)39-31(33)43/h2-3,5-7,9-10,12-15,18H,4,8,11,16-17H2,1H3,(H,39,43). The zero-order valence-electron chi connectivity index (χ0n) is 23.2. The van der Waals surface area contributed by atoms with Gasteiger partial charge in [-0.1, -0.05) is 24.3 Å². The van der Waals surface area contributed by atoms with Gasteiger partial charge in [-0.25, -0.2) is 23.2 Å². The molecule has 2 amide bonds. The first-order valence-electron chi connectivity index (χ1n) is 14.0. The molecule has 0 bridgehead atoms. The van der Waals surface area contributed by atoms with Crippen LogP contribution in [0, 0.1) is 22.9 Å². The molecule has 43 heavy (non-hydrogen) atoms. The molecule has 1 N–H and O–H groups in total. The summed E-state index contributed by atoms with van der Waals surface area (Å²) in [5.74, 6) is -2.19. The number of hydrogen-bond acceptors (Lipinski definition) is 5. The molecule has 0 saturated carbocycles. The lowest BCUT2D eigenvalue weighted by Crippen LogP contribution is -2.43. The van der Waals surface area contributed by atoms with Crippen LogP contribution in [0.3, 0.4) is 0 Å². The molecule has 0 radical (unpaired) electrons. The Morgan fingerprint density at radius 1 is 1.05 bits per heavy atom. The third-order valence-corrected chi connectivity index (χ3v) is 8.76. The number of nitrogens with zero attached hydrogens (tertiary/aromatic N) is 4. The highest BCUT2D eigenvalue weighted by Gasteiger charge is 2.52. The van der Waals surface area contributed by atoms with E-state index in [1.165, 1.54) is 23.1 Å². The van der Waals surface area contributed by atoms with Gasteiger partial charge >= 0.3 is 0 Å². The molecule has 3 aromatic rings. The molecule has 10 heteroatoms. The number of fused-ring (bicyclic) bond motifs is 2. The first-order valence-corrected chi connectivity index (χ1v) is 14.0. The summed E-state index contributed by atoms with van der Waals surface area (Å²) in [7, 11) is 0. The minimum absolute atomic E-state index is 0.0108. The fourth-order valence-corrected chi connectivity index (χ4v) is 6.59. The van der Waals surface area contributed by atoms with Crippen LogP contribution < -0.4 is 5.32 Å². The number of carbonyl (C=O) groups is 2. The normalized spacial score (nSPS) is 24.3. The van der Waals surface area contributed by atoms with Gasteiger partial charge in [0.2, 0.25) is 5.91 Å². The van der Waals surface area contributed by atoms with E-state index >= 15 is 0 Å². The topological polar surface area (TPSA) is 87.0 Å². The van der Waals surface area contributed by atoms with E-state index in [-0.39, 0.29) is 29.3 Å². The van der Waals surface area contributed by atoms with Crippen LogP contribution in [0.25, 0.3) is 6.08 Å². The Labute approximate surface area is 245 Å². The highest BCUT2D eigenvalue weighted by molar-refractivity contribution is 6.46. The smallest absolute Gasteiger partial charge is 0.275 e. The number of amides is 2. The molecular formula is C33H26F3N5O2. The molecule has 2 atom stereocenters. The van der Waals surface area contributed by atoms with Gasteiger partial charge in [0.15, 0.2) is 5.66 Å². The van der Waals surface area contributed by atoms with Crippen molar-refractivity contribution in [1.29, 1.82) is 0 Å². The summed E-state index contributed by atoms with van der Waals surface area (Å²) in [5.41, 5.74) is 1.52. The number of hydrogen-bond donors (Lipinski definition) is 1. The highest BCUT2D eigenvalue weighted by Crippen LogP contribution is 2.49. The van der Waals surface area contributed by atoms with Gasteiger partial charge in [-0.05, 0) is 73.2 Å². The van der Waals surface area contributed by atoms with E-state index in [1.54, 1.807) is 31.3 Å². The summed E-state index contributed by atoms with van der Waals surface area (Å²) in [6, 6.07) is 10.8. The minimum Gasteiger partial charge on any atom is -0.310 e. The van der Waals surface area contributed by atoms with Gasteiger partial charge < -0.3 is 10.2 Å². The van der Waals surface area contributed by atoms with Crippen molar-refractivity contribution in [3.63, 3.8) is 0 Å². The van der Waals surface area contributed by atoms with Gasteiger partial charge in [-0.2, -0.15) is 0 Å². The fourth-order valence-electron chi connectivity index (χ4n) is 6.59. The number of rotatable bonds is 5. The third-order valence-electron chi connectivity index (χ3n) is 8.76. The molecule has 0 fully saturated rings. The Hall–Kier alpha value is -4.86. The van der Waals surface area contributed by atoms with Crippen LogP contribution in [-0.2, 0) is 28.1 Å². The number of benzene rings is 2. The zero-order valence-corrected chi connectivity index (χ0v) is 23.2. The lowest BCUT2D eigenvalue weighted by atomic mass is 9.76. The molecule has 0 saturated heterocycles. The van der Waals surface area contributed by atoms with Gasteiger partial charge in [-0.3, -0.25) is 14.6 Å². The average molecular weight is 582 g/mol. The Morgan fingerprint density at radius 2 is 1.84 bits per heavy atom. The van der Waals surface area contributed by atoms with Crippen molar-refractivity contribution < 1.29 is 22.8 Å². The minimum atomic E-state index is -1.49. The van der Waals surface area contributed by atoms with Gasteiger partial charge in [0, 0.05) is 48.3 Å². The lowest BCUT2D eigenvalue weighted by molar-refractivity contribution is -0.127. The largest absolute Gasteiger partial charge is 0.310 e. The molecular weight excluding hydrogens is 555 g/mol. The van der Waals surface area contributed by atoms with Crippen LogP contribution in [0.2, 0.25) is 0 Å². The highest BCUT2D eigenvalue weighted by atomic mass is 19.1. The maximum atomic E-state index is 14.7. The van der Waals surface area contributed by atoms with E-state index in [0.29, 0.717) is 18.7 Å². The molecule has 1 spiro atoms. The number of halogens is 3. The van der Waals surface area contributed by atoms with Gasteiger partial charge in [-0.15, -0.1) is 0 Å². The van der Waals surface area contributed by atoms with Crippen LogP contribution in [0.4, 0.5) is 13.2 Å². The van der Waals surface area contributed by atoms with Crippen molar-refractivity contribution in [3.8, 4) is 0 Å². The Bertz CT molecular complexity index is 1830. The second-order valence-electron chi connectivity index (χ2n) is 11.4. The summed E-state index contributed by atoms with van der Waals surface area (Å²) < 4.78 is 43.2. The molecule has 7 rings (SSSR count). The van der Waals surface area contributed by atoms with Gasteiger partial charge in [0.1, 0.15) is 29.0 Å². The number of carbonyl (C=O) groups excluding carboxylic acids is 2. The quantitative estimate of drug-likeness (QED) is 0.460. The zero-order chi connectivity index (χ0) is 29.9. The predicted molar refractivity (Wildman–Crippen MR) is 154 cm³/mol. The van der Waals surface area contributed by atoms with Gasteiger partial charge in [0.05, 0.1) is 5.41 Å². The second-order valence-corrected chi connectivity index (χ2v) is 11.4. The van der Waals surface area contributed by atoms with Crippen molar-refractivity contribution >= 4 is 29.8 Å². The first kappa shape index (κ1) is 27.0. The third kappa shape index (κ3) is 4.31. The maximum Gasteiger partial charge on any atom is 0.275 e. The lowest BCUT2D eigenvalue weighted by Gasteiger charge is -2.32. The van der Waals surface area contributed by atoms with Gasteiger partial charge in [0.25, 0.3) is 5.91 Å². The van der Waals surface area contributed by atoms with Crippen molar-refractivity contribution in [1.82, 2.24) is 15.2 Å².